The summed E-state index contributed by atoms with van der Waals surface area (Å²) in [6.07, 6.45) is 7.09. The fraction of sp³-hybridized carbons (Fsp3) is 0.633. The van der Waals surface area contributed by atoms with Gasteiger partial charge < -0.3 is 10.2 Å². The minimum Gasteiger partial charge on any atom is -0.348 e. The second-order valence-corrected chi connectivity index (χ2v) is 14.1. The number of pyridine rings is 1. The smallest absolute Gasteiger partial charge is 0.272 e. The van der Waals surface area contributed by atoms with Gasteiger partial charge >= 0.3 is 0 Å². The number of alkyl halides is 2. The summed E-state index contributed by atoms with van der Waals surface area (Å²) >= 11 is 6.10. The van der Waals surface area contributed by atoms with Gasteiger partial charge in [0.05, 0.1) is 11.8 Å². The van der Waals surface area contributed by atoms with Gasteiger partial charge in [-0.05, 0) is 50.2 Å². The summed E-state index contributed by atoms with van der Waals surface area (Å²) in [7, 11) is -2.01. The summed E-state index contributed by atoms with van der Waals surface area (Å²) in [6.45, 7) is 9.23. The summed E-state index contributed by atoms with van der Waals surface area (Å²) in [4.78, 5) is 43.2. The summed E-state index contributed by atoms with van der Waals surface area (Å²) in [5.74, 6) is -0.530. The number of halogens is 2. The molecule has 3 rings (SSSR count). The molecule has 5 unspecified atom stereocenters. The third kappa shape index (κ3) is 6.83. The van der Waals surface area contributed by atoms with Crippen LogP contribution in [-0.2, 0) is 22.1 Å². The number of rotatable bonds is 14. The van der Waals surface area contributed by atoms with Crippen molar-refractivity contribution in [3.05, 3.63) is 57.0 Å². The Balaban J connectivity index is 2.08. The predicted molar refractivity (Wildman–Crippen MR) is 164 cm³/mol. The molecule has 1 aromatic rings. The van der Waals surface area contributed by atoms with Crippen molar-refractivity contribution in [2.75, 3.05) is 32.9 Å². The van der Waals surface area contributed by atoms with E-state index < -0.39 is 33.3 Å². The zero-order valence-corrected chi connectivity index (χ0v) is 27.2. The molecule has 5 atom stereocenters. The van der Waals surface area contributed by atoms with Crippen molar-refractivity contribution in [1.29, 1.82) is 0 Å². The first-order valence-electron chi connectivity index (χ1n) is 14.6. The van der Waals surface area contributed by atoms with Crippen molar-refractivity contribution in [3.8, 4) is 0 Å². The molecule has 0 bridgehead atoms. The maximum atomic E-state index is 14.2. The second-order valence-electron chi connectivity index (χ2n) is 11.3. The van der Waals surface area contributed by atoms with E-state index in [2.05, 4.69) is 12.2 Å². The zero-order chi connectivity index (χ0) is 31.6. The Kier molecular flexibility index (Phi) is 10.9. The predicted octanol–water partition coefficient (Wildman–Crippen LogP) is 4.06. The van der Waals surface area contributed by atoms with Crippen molar-refractivity contribution < 1.29 is 22.4 Å². The molecule has 0 spiro atoms. The van der Waals surface area contributed by atoms with Crippen LogP contribution in [0.25, 0.3) is 0 Å². The monoisotopic (exact) mass is 626 g/mol. The van der Waals surface area contributed by atoms with Gasteiger partial charge in [0.15, 0.2) is 0 Å². The van der Waals surface area contributed by atoms with E-state index >= 15 is 0 Å². The van der Waals surface area contributed by atoms with E-state index in [1.165, 1.54) is 30.4 Å². The maximum absolute atomic E-state index is 14.2. The van der Waals surface area contributed by atoms with Gasteiger partial charge in [-0.1, -0.05) is 45.4 Å². The molecule has 1 fully saturated rings. The van der Waals surface area contributed by atoms with Crippen molar-refractivity contribution in [1.82, 2.24) is 19.1 Å². The standard InChI is InChI=1S/C30H44ClFN4O5S/c1-8-22-16-25(22)30(10-3)35(14-13-34(6)42(7,40)41)29(39)27-23(9-2)24(17-26(37)36(27)30)28(38)33-18-21(15-19(4)31)12-11-20(5)32/h11-12,15,17,19-20,22,25H,8-10,13-14,16,18H2,1-7H3,(H,33,38)/b12-11-,21-15+. The van der Waals surface area contributed by atoms with Crippen LogP contribution in [0.1, 0.15) is 80.3 Å². The lowest BCUT2D eigenvalue weighted by atomic mass is 9.96. The SMILES string of the molecule is CCc1c(C(=O)NCC(/C=C\C(C)F)=C/C(C)Cl)cc(=O)n2c1C(=O)N(CCN(C)S(C)(=O)=O)C2(CC)C1CC1CC. The second kappa shape index (κ2) is 13.4. The fourth-order valence-electron chi connectivity index (χ4n) is 6.19. The summed E-state index contributed by atoms with van der Waals surface area (Å²) in [5, 5.41) is 2.45. The quantitative estimate of drug-likeness (QED) is 0.247. The topological polar surface area (TPSA) is 109 Å². The number of hydrogen-bond donors (Lipinski definition) is 1. The number of carbonyl (C=O) groups is 2. The van der Waals surface area contributed by atoms with E-state index in [1.54, 1.807) is 28.5 Å². The van der Waals surface area contributed by atoms with Crippen molar-refractivity contribution in [3.63, 3.8) is 0 Å². The Labute approximate surface area is 253 Å². The minimum atomic E-state index is -3.48. The lowest BCUT2D eigenvalue weighted by Gasteiger charge is -2.40. The number of fused-ring (bicyclic) bond motifs is 1. The van der Waals surface area contributed by atoms with Gasteiger partial charge in [0.1, 0.15) is 17.5 Å². The van der Waals surface area contributed by atoms with Crippen molar-refractivity contribution >= 4 is 33.4 Å². The van der Waals surface area contributed by atoms with E-state index in [1.807, 2.05) is 13.8 Å². The zero-order valence-electron chi connectivity index (χ0n) is 25.6. The van der Waals surface area contributed by atoms with Crippen LogP contribution in [0.3, 0.4) is 0 Å². The Morgan fingerprint density at radius 2 is 1.95 bits per heavy atom. The van der Waals surface area contributed by atoms with Gasteiger partial charge in [0, 0.05) is 44.0 Å². The van der Waals surface area contributed by atoms with Crippen LogP contribution in [0, 0.1) is 11.8 Å². The number of hydrogen-bond acceptors (Lipinski definition) is 5. The average molecular weight is 627 g/mol. The molecule has 42 heavy (non-hydrogen) atoms. The Hall–Kier alpha value is -2.50. The van der Waals surface area contributed by atoms with Gasteiger partial charge in [-0.3, -0.25) is 19.0 Å². The Morgan fingerprint density at radius 3 is 2.45 bits per heavy atom. The van der Waals surface area contributed by atoms with Gasteiger partial charge in [-0.15, -0.1) is 11.6 Å². The highest BCUT2D eigenvalue weighted by Gasteiger charge is 2.61. The molecule has 1 saturated carbocycles. The lowest BCUT2D eigenvalue weighted by Crippen LogP contribution is -2.53. The largest absolute Gasteiger partial charge is 0.348 e. The summed E-state index contributed by atoms with van der Waals surface area (Å²) in [6, 6.07) is 1.30. The number of nitrogens with zero attached hydrogens (tertiary/aromatic N) is 3. The van der Waals surface area contributed by atoms with Crippen LogP contribution in [0.2, 0.25) is 0 Å². The number of sulfonamides is 1. The number of aromatic nitrogens is 1. The molecule has 2 amide bonds. The molecule has 1 aliphatic heterocycles. The molecule has 1 aromatic heterocycles. The molecule has 0 radical (unpaired) electrons. The first kappa shape index (κ1) is 34.0. The van der Waals surface area contributed by atoms with E-state index in [0.717, 1.165) is 19.1 Å². The van der Waals surface area contributed by atoms with Gasteiger partial charge in [0.25, 0.3) is 17.4 Å². The number of carbonyl (C=O) groups excluding carboxylic acids is 2. The maximum Gasteiger partial charge on any atom is 0.272 e. The minimum absolute atomic E-state index is 0.0400. The molecular formula is C30H44ClFN4O5S. The molecule has 234 valence electrons. The van der Waals surface area contributed by atoms with E-state index in [0.29, 0.717) is 29.9 Å². The summed E-state index contributed by atoms with van der Waals surface area (Å²) in [5.41, 5.74) is -0.00998. The van der Waals surface area contributed by atoms with Gasteiger partial charge in [-0.2, -0.15) is 0 Å². The van der Waals surface area contributed by atoms with Crippen LogP contribution in [0.15, 0.2) is 34.7 Å². The molecule has 1 aliphatic carbocycles. The fourth-order valence-corrected chi connectivity index (χ4v) is 6.76. The highest BCUT2D eigenvalue weighted by Crippen LogP contribution is 2.57. The van der Waals surface area contributed by atoms with E-state index in [4.69, 9.17) is 11.6 Å². The van der Waals surface area contributed by atoms with Crippen LogP contribution in [0.4, 0.5) is 4.39 Å². The number of nitrogens with one attached hydrogen (secondary N) is 1. The number of likely N-dealkylation sites (N-methyl/N-ethyl adjacent to an activating group) is 1. The third-order valence-electron chi connectivity index (χ3n) is 8.46. The molecule has 2 aliphatic rings. The molecular weight excluding hydrogens is 583 g/mol. The molecule has 0 saturated heterocycles. The Bertz CT molecular complexity index is 1420. The first-order valence-corrected chi connectivity index (χ1v) is 16.9. The van der Waals surface area contributed by atoms with Crippen LogP contribution >= 0.6 is 11.6 Å². The van der Waals surface area contributed by atoms with Gasteiger partial charge in [0.2, 0.25) is 10.0 Å². The molecule has 12 heteroatoms. The average Bonchev–Trinajstić information content (AvgIpc) is 3.66. The molecule has 0 aromatic carbocycles. The number of allylic oxidation sites excluding steroid dienone is 2. The van der Waals surface area contributed by atoms with Crippen molar-refractivity contribution in [2.24, 2.45) is 11.8 Å². The highest BCUT2D eigenvalue weighted by atomic mass is 35.5. The molecule has 1 N–H and O–H groups in total. The molecule has 2 heterocycles. The van der Waals surface area contributed by atoms with Crippen molar-refractivity contribution in [2.45, 2.75) is 77.5 Å². The van der Waals surface area contributed by atoms with Crippen LogP contribution in [0.5, 0.6) is 0 Å². The summed E-state index contributed by atoms with van der Waals surface area (Å²) < 4.78 is 40.4. The van der Waals surface area contributed by atoms with Crippen LogP contribution < -0.4 is 10.9 Å². The van der Waals surface area contributed by atoms with Gasteiger partial charge in [-0.25, -0.2) is 17.1 Å². The molecule has 9 nitrogen and oxygen atoms in total. The number of amides is 2. The highest BCUT2D eigenvalue weighted by molar-refractivity contribution is 7.88. The van der Waals surface area contributed by atoms with Crippen LogP contribution in [-0.4, -0.2) is 78.5 Å². The Morgan fingerprint density at radius 1 is 1.29 bits per heavy atom. The first-order chi connectivity index (χ1) is 19.6. The third-order valence-corrected chi connectivity index (χ3v) is 9.90. The van der Waals surface area contributed by atoms with E-state index in [-0.39, 0.29) is 48.1 Å². The normalized spacial score (nSPS) is 23.9. The van der Waals surface area contributed by atoms with E-state index in [9.17, 15) is 27.2 Å². The lowest BCUT2D eigenvalue weighted by molar-refractivity contribution is 0.0146.